The first-order chi connectivity index (χ1) is 16.1. The number of hydrogen-bond acceptors (Lipinski definition) is 5. The minimum atomic E-state index is -0.0833. The maximum atomic E-state index is 13.4. The molecule has 0 saturated carbocycles. The molecule has 0 radical (unpaired) electrons. The third-order valence-electron chi connectivity index (χ3n) is 6.31. The standard InChI is InChI=1S/C27H23N3O3/c1-17-11-23-21(15-30(16-32-23)14-19-7-5-6-10-28-19)27-25(17)26(31)24(33-27)12-18-13-29(2)22-9-4-3-8-20(18)22/h3-13H,14-16H2,1-2H3/b24-12-. The van der Waals surface area contributed by atoms with Crippen molar-refractivity contribution in [2.24, 2.45) is 7.05 Å². The van der Waals surface area contributed by atoms with Crippen molar-refractivity contribution in [3.05, 3.63) is 94.6 Å². The topological polar surface area (TPSA) is 56.6 Å². The Balaban J connectivity index is 1.36. The molecule has 0 aliphatic carbocycles. The van der Waals surface area contributed by atoms with Crippen molar-refractivity contribution in [1.29, 1.82) is 0 Å². The average molecular weight is 437 g/mol. The fourth-order valence-electron chi connectivity index (χ4n) is 4.73. The first-order valence-corrected chi connectivity index (χ1v) is 11.0. The molecule has 33 heavy (non-hydrogen) atoms. The number of aromatic nitrogens is 2. The van der Waals surface area contributed by atoms with E-state index in [1.165, 1.54) is 0 Å². The van der Waals surface area contributed by atoms with Crippen molar-refractivity contribution in [1.82, 2.24) is 14.5 Å². The molecule has 0 bridgehead atoms. The van der Waals surface area contributed by atoms with Gasteiger partial charge < -0.3 is 14.0 Å². The normalized spacial score (nSPS) is 16.5. The number of rotatable bonds is 3. The lowest BCUT2D eigenvalue weighted by Crippen LogP contribution is -2.32. The Labute approximate surface area is 191 Å². The Morgan fingerprint density at radius 1 is 1.15 bits per heavy atom. The van der Waals surface area contributed by atoms with Crippen LogP contribution in [0.5, 0.6) is 11.5 Å². The van der Waals surface area contributed by atoms with Crippen molar-refractivity contribution in [3.63, 3.8) is 0 Å². The van der Waals surface area contributed by atoms with E-state index in [2.05, 4.69) is 26.6 Å². The highest BCUT2D eigenvalue weighted by Gasteiger charge is 2.35. The number of ether oxygens (including phenoxy) is 2. The minimum absolute atomic E-state index is 0.0833. The molecular formula is C27H23N3O3. The van der Waals surface area contributed by atoms with Gasteiger partial charge in [-0.2, -0.15) is 0 Å². The predicted octanol–water partition coefficient (Wildman–Crippen LogP) is 4.85. The number of ketones is 1. The number of hydrogen-bond donors (Lipinski definition) is 0. The molecule has 4 heterocycles. The number of pyridine rings is 1. The summed E-state index contributed by atoms with van der Waals surface area (Å²) in [6, 6.07) is 16.0. The molecule has 0 saturated heterocycles. The zero-order valence-corrected chi connectivity index (χ0v) is 18.5. The number of aryl methyl sites for hydroxylation is 2. The highest BCUT2D eigenvalue weighted by molar-refractivity contribution is 6.16. The highest BCUT2D eigenvalue weighted by Crippen LogP contribution is 2.44. The lowest BCUT2D eigenvalue weighted by Gasteiger charge is -2.29. The van der Waals surface area contributed by atoms with Crippen molar-refractivity contribution < 1.29 is 14.3 Å². The van der Waals surface area contributed by atoms with Gasteiger partial charge in [-0.3, -0.25) is 14.7 Å². The largest absolute Gasteiger partial charge is 0.478 e. The van der Waals surface area contributed by atoms with Crippen LogP contribution in [0.3, 0.4) is 0 Å². The molecule has 6 rings (SSSR count). The summed E-state index contributed by atoms with van der Waals surface area (Å²) >= 11 is 0. The molecule has 2 aliphatic heterocycles. The summed E-state index contributed by atoms with van der Waals surface area (Å²) in [4.78, 5) is 19.9. The fourth-order valence-corrected chi connectivity index (χ4v) is 4.73. The lowest BCUT2D eigenvalue weighted by atomic mass is 9.98. The summed E-state index contributed by atoms with van der Waals surface area (Å²) in [6.07, 6.45) is 5.67. The zero-order chi connectivity index (χ0) is 22.5. The average Bonchev–Trinajstić information content (AvgIpc) is 3.33. The molecule has 2 aromatic carbocycles. The van der Waals surface area contributed by atoms with Crippen LogP contribution >= 0.6 is 0 Å². The van der Waals surface area contributed by atoms with E-state index in [-0.39, 0.29) is 5.78 Å². The predicted molar refractivity (Wildman–Crippen MR) is 126 cm³/mol. The van der Waals surface area contributed by atoms with E-state index in [0.717, 1.165) is 39.0 Å². The Bertz CT molecular complexity index is 1440. The molecule has 6 heteroatoms. The monoisotopic (exact) mass is 437 g/mol. The summed E-state index contributed by atoms with van der Waals surface area (Å²) in [6.45, 7) is 3.69. The van der Waals surface area contributed by atoms with E-state index in [0.29, 0.717) is 36.9 Å². The van der Waals surface area contributed by atoms with E-state index in [4.69, 9.17) is 9.47 Å². The van der Waals surface area contributed by atoms with Gasteiger partial charge >= 0.3 is 0 Å². The van der Waals surface area contributed by atoms with Crippen molar-refractivity contribution in [2.75, 3.05) is 6.73 Å². The summed E-state index contributed by atoms with van der Waals surface area (Å²) in [5.41, 5.74) is 5.45. The minimum Gasteiger partial charge on any atom is -0.478 e. The van der Waals surface area contributed by atoms with Crippen LogP contribution < -0.4 is 9.47 Å². The maximum Gasteiger partial charge on any atom is 0.232 e. The Morgan fingerprint density at radius 2 is 2.00 bits per heavy atom. The van der Waals surface area contributed by atoms with Crippen LogP contribution in [0, 0.1) is 6.92 Å². The van der Waals surface area contributed by atoms with Gasteiger partial charge in [0.1, 0.15) is 18.2 Å². The van der Waals surface area contributed by atoms with Gasteiger partial charge in [0, 0.05) is 49.0 Å². The summed E-state index contributed by atoms with van der Waals surface area (Å²) < 4.78 is 14.3. The number of Topliss-reactive ketones (excluding diaryl/α,β-unsaturated/α-hetero) is 1. The van der Waals surface area contributed by atoms with Crippen molar-refractivity contribution >= 4 is 22.8 Å². The smallest absolute Gasteiger partial charge is 0.232 e. The second-order valence-electron chi connectivity index (χ2n) is 8.61. The van der Waals surface area contributed by atoms with E-state index in [1.54, 1.807) is 6.20 Å². The van der Waals surface area contributed by atoms with Gasteiger partial charge in [-0.05, 0) is 42.8 Å². The van der Waals surface area contributed by atoms with Crippen molar-refractivity contribution in [3.8, 4) is 11.5 Å². The van der Waals surface area contributed by atoms with Gasteiger partial charge in [0.2, 0.25) is 5.78 Å². The Morgan fingerprint density at radius 3 is 2.85 bits per heavy atom. The summed E-state index contributed by atoms with van der Waals surface area (Å²) in [7, 11) is 2.00. The van der Waals surface area contributed by atoms with Gasteiger partial charge in [-0.25, -0.2) is 0 Å². The summed E-state index contributed by atoms with van der Waals surface area (Å²) in [5.74, 6) is 1.66. The van der Waals surface area contributed by atoms with Crippen LogP contribution in [0.4, 0.5) is 0 Å². The van der Waals surface area contributed by atoms with Crippen LogP contribution in [0.1, 0.15) is 32.7 Å². The highest BCUT2D eigenvalue weighted by atomic mass is 16.5. The van der Waals surface area contributed by atoms with Crippen LogP contribution in [-0.4, -0.2) is 27.0 Å². The van der Waals surface area contributed by atoms with Crippen LogP contribution in [-0.2, 0) is 20.1 Å². The molecule has 0 atom stereocenters. The summed E-state index contributed by atoms with van der Waals surface area (Å²) in [5, 5.41) is 1.09. The lowest BCUT2D eigenvalue weighted by molar-refractivity contribution is 0.0861. The molecular weight excluding hydrogens is 414 g/mol. The molecule has 4 aromatic rings. The van der Waals surface area contributed by atoms with Gasteiger partial charge in [-0.1, -0.05) is 24.3 Å². The third kappa shape index (κ3) is 3.31. The van der Waals surface area contributed by atoms with Crippen molar-refractivity contribution in [2.45, 2.75) is 20.0 Å². The van der Waals surface area contributed by atoms with E-state index in [1.807, 2.05) is 62.6 Å². The molecule has 0 fully saturated rings. The van der Waals surface area contributed by atoms with Gasteiger partial charge in [0.25, 0.3) is 0 Å². The first-order valence-electron chi connectivity index (χ1n) is 11.0. The number of benzene rings is 2. The number of allylic oxidation sites excluding steroid dienone is 1. The Kier molecular flexibility index (Phi) is 4.55. The number of carbonyl (C=O) groups excluding carboxylic acids is 1. The van der Waals surface area contributed by atoms with Gasteiger partial charge in [-0.15, -0.1) is 0 Å². The SMILES string of the molecule is Cc1cc2c(c3c1C(=O)/C(=C/c1cn(C)c4ccccc14)O3)CN(Cc1ccccn1)CO2. The third-order valence-corrected chi connectivity index (χ3v) is 6.31. The molecule has 0 unspecified atom stereocenters. The fraction of sp³-hybridized carbons (Fsp3) is 0.185. The quantitative estimate of drug-likeness (QED) is 0.429. The van der Waals surface area contributed by atoms with E-state index in [9.17, 15) is 4.79 Å². The van der Waals surface area contributed by atoms with Crippen LogP contribution in [0.25, 0.3) is 17.0 Å². The molecule has 164 valence electrons. The molecule has 0 N–H and O–H groups in total. The molecule has 0 spiro atoms. The number of carbonyl (C=O) groups is 1. The maximum absolute atomic E-state index is 13.4. The number of nitrogens with zero attached hydrogens (tertiary/aromatic N) is 3. The number of para-hydroxylation sites is 1. The number of fused-ring (bicyclic) bond motifs is 4. The Hall–Kier alpha value is -3.90. The first kappa shape index (κ1) is 19.8. The van der Waals surface area contributed by atoms with Crippen LogP contribution in [0.15, 0.2) is 66.7 Å². The second-order valence-corrected chi connectivity index (χ2v) is 8.61. The second kappa shape index (κ2) is 7.60. The molecule has 0 amide bonds. The zero-order valence-electron chi connectivity index (χ0n) is 18.5. The molecule has 2 aliphatic rings. The van der Waals surface area contributed by atoms with Gasteiger partial charge in [0.15, 0.2) is 5.76 Å². The van der Waals surface area contributed by atoms with Crippen LogP contribution in [0.2, 0.25) is 0 Å². The molecule has 2 aromatic heterocycles. The molecule has 6 nitrogen and oxygen atoms in total. The van der Waals surface area contributed by atoms with E-state index >= 15 is 0 Å². The van der Waals surface area contributed by atoms with Gasteiger partial charge in [0.05, 0.1) is 16.8 Å². The van der Waals surface area contributed by atoms with E-state index < -0.39 is 0 Å².